The smallest absolute Gasteiger partial charge is 0.309 e. The minimum absolute atomic E-state index is 0.00511. The predicted octanol–water partition coefficient (Wildman–Crippen LogP) is 3.56. The van der Waals surface area contributed by atoms with Gasteiger partial charge in [0.2, 0.25) is 5.91 Å². The zero-order valence-electron chi connectivity index (χ0n) is 21.9. The highest BCUT2D eigenvalue weighted by Gasteiger charge is 2.29. The Balaban J connectivity index is 1.32. The van der Waals surface area contributed by atoms with Crippen LogP contribution in [-0.4, -0.2) is 67.9 Å². The number of likely N-dealkylation sites (tertiary alicyclic amines) is 1. The van der Waals surface area contributed by atoms with Crippen LogP contribution in [0.25, 0.3) is 0 Å². The maximum Gasteiger partial charge on any atom is 0.309 e. The lowest BCUT2D eigenvalue weighted by Crippen LogP contribution is -2.42. The number of para-hydroxylation sites is 1. The van der Waals surface area contributed by atoms with Gasteiger partial charge in [-0.2, -0.15) is 0 Å². The van der Waals surface area contributed by atoms with Gasteiger partial charge in [0.1, 0.15) is 11.5 Å². The van der Waals surface area contributed by atoms with Crippen molar-refractivity contribution in [1.29, 1.82) is 0 Å². The Bertz CT molecular complexity index is 1190. The molecule has 9 nitrogen and oxygen atoms in total. The maximum atomic E-state index is 12.8. The third kappa shape index (κ3) is 6.51. The number of amides is 2. The first-order chi connectivity index (χ1) is 18.4. The van der Waals surface area contributed by atoms with Gasteiger partial charge in [-0.25, -0.2) is 0 Å². The van der Waals surface area contributed by atoms with E-state index in [4.69, 9.17) is 14.2 Å². The molecular formula is C29H34N2O7. The fourth-order valence-electron chi connectivity index (χ4n) is 4.74. The van der Waals surface area contributed by atoms with Crippen LogP contribution in [-0.2, 0) is 19.1 Å². The Morgan fingerprint density at radius 3 is 2.58 bits per heavy atom. The number of ether oxygens (including phenoxy) is 3. The SMILES string of the molecule is CCOC(=O)C1CCN(C(=O)CCCN2C(=O)COc3ccc(C(=O)COc4ccccc4C)cc32)CC1. The number of carbonyl (C=O) groups excluding carboxylic acids is 4. The summed E-state index contributed by atoms with van der Waals surface area (Å²) >= 11 is 0. The molecule has 9 heteroatoms. The molecule has 0 bridgehead atoms. The van der Waals surface area contributed by atoms with Crippen molar-refractivity contribution in [1.82, 2.24) is 4.90 Å². The highest BCUT2D eigenvalue weighted by atomic mass is 16.5. The van der Waals surface area contributed by atoms with Gasteiger partial charge in [-0.05, 0) is 62.9 Å². The average molecular weight is 523 g/mol. The zero-order chi connectivity index (χ0) is 27.1. The normalized spacial score (nSPS) is 15.5. The first-order valence-corrected chi connectivity index (χ1v) is 13.1. The monoisotopic (exact) mass is 522 g/mol. The van der Waals surface area contributed by atoms with Crippen molar-refractivity contribution in [2.75, 3.05) is 44.4 Å². The molecule has 2 aromatic carbocycles. The van der Waals surface area contributed by atoms with E-state index in [1.54, 1.807) is 34.9 Å². The lowest BCUT2D eigenvalue weighted by molar-refractivity contribution is -0.151. The number of ketones is 1. The molecule has 2 amide bonds. The molecule has 2 aliphatic rings. The number of fused-ring (bicyclic) bond motifs is 1. The molecule has 0 saturated carbocycles. The van der Waals surface area contributed by atoms with Crippen molar-refractivity contribution in [3.05, 3.63) is 53.6 Å². The lowest BCUT2D eigenvalue weighted by Gasteiger charge is -2.32. The Labute approximate surface area is 222 Å². The molecule has 1 saturated heterocycles. The van der Waals surface area contributed by atoms with Gasteiger partial charge < -0.3 is 24.0 Å². The number of carbonyl (C=O) groups is 4. The Kier molecular flexibility index (Phi) is 8.99. The molecule has 2 heterocycles. The van der Waals surface area contributed by atoms with Crippen LogP contribution in [0.2, 0.25) is 0 Å². The van der Waals surface area contributed by atoms with Gasteiger partial charge in [-0.15, -0.1) is 0 Å². The van der Waals surface area contributed by atoms with Crippen molar-refractivity contribution in [3.8, 4) is 11.5 Å². The van der Waals surface area contributed by atoms with Crippen LogP contribution in [0.3, 0.4) is 0 Å². The molecule has 1 fully saturated rings. The van der Waals surface area contributed by atoms with Crippen molar-refractivity contribution in [2.24, 2.45) is 5.92 Å². The fourth-order valence-corrected chi connectivity index (χ4v) is 4.74. The van der Waals surface area contributed by atoms with Gasteiger partial charge >= 0.3 is 5.97 Å². The molecule has 0 spiro atoms. The quantitative estimate of drug-likeness (QED) is 0.347. The number of Topliss-reactive ketones (excluding diaryl/α,β-unsaturated/α-hetero) is 1. The molecule has 0 unspecified atom stereocenters. The number of anilines is 1. The number of hydrogen-bond donors (Lipinski definition) is 0. The number of benzene rings is 2. The summed E-state index contributed by atoms with van der Waals surface area (Å²) in [6.45, 7) is 5.22. The molecule has 0 aliphatic carbocycles. The van der Waals surface area contributed by atoms with Crippen LogP contribution in [0.15, 0.2) is 42.5 Å². The fraction of sp³-hybridized carbons (Fsp3) is 0.448. The summed E-state index contributed by atoms with van der Waals surface area (Å²) in [5, 5.41) is 0. The van der Waals surface area contributed by atoms with Crippen molar-refractivity contribution in [2.45, 2.75) is 39.5 Å². The molecule has 38 heavy (non-hydrogen) atoms. The molecule has 0 atom stereocenters. The Morgan fingerprint density at radius 1 is 1.08 bits per heavy atom. The molecule has 202 valence electrons. The number of aryl methyl sites for hydroxylation is 1. The van der Waals surface area contributed by atoms with Crippen LogP contribution in [0.4, 0.5) is 5.69 Å². The first-order valence-electron chi connectivity index (χ1n) is 13.1. The molecular weight excluding hydrogens is 488 g/mol. The van der Waals surface area contributed by atoms with Gasteiger partial charge in [-0.3, -0.25) is 19.2 Å². The molecule has 2 aliphatic heterocycles. The molecule has 2 aromatic rings. The van der Waals surface area contributed by atoms with E-state index in [2.05, 4.69) is 0 Å². The average Bonchev–Trinajstić information content (AvgIpc) is 2.93. The van der Waals surface area contributed by atoms with E-state index in [9.17, 15) is 19.2 Å². The first kappa shape index (κ1) is 27.2. The minimum Gasteiger partial charge on any atom is -0.485 e. The van der Waals surface area contributed by atoms with E-state index in [1.165, 1.54) is 0 Å². The summed E-state index contributed by atoms with van der Waals surface area (Å²) in [5.74, 6) is 0.396. The summed E-state index contributed by atoms with van der Waals surface area (Å²) in [6, 6.07) is 12.5. The van der Waals surface area contributed by atoms with E-state index in [0.717, 1.165) is 5.56 Å². The number of rotatable bonds is 10. The van der Waals surface area contributed by atoms with E-state index in [0.29, 0.717) is 68.3 Å². The summed E-state index contributed by atoms with van der Waals surface area (Å²) in [7, 11) is 0. The number of nitrogens with zero attached hydrogens (tertiary/aromatic N) is 2. The third-order valence-electron chi connectivity index (χ3n) is 6.92. The molecule has 0 N–H and O–H groups in total. The third-order valence-corrected chi connectivity index (χ3v) is 6.92. The van der Waals surface area contributed by atoms with Gasteiger partial charge in [0, 0.05) is 31.6 Å². The van der Waals surface area contributed by atoms with Gasteiger partial charge in [0.15, 0.2) is 19.0 Å². The largest absolute Gasteiger partial charge is 0.485 e. The second-order valence-electron chi connectivity index (χ2n) is 9.50. The van der Waals surface area contributed by atoms with E-state index in [-0.39, 0.29) is 49.1 Å². The maximum absolute atomic E-state index is 12.8. The van der Waals surface area contributed by atoms with Crippen molar-refractivity contribution >= 4 is 29.3 Å². The van der Waals surface area contributed by atoms with Crippen LogP contribution in [0.5, 0.6) is 11.5 Å². The van der Waals surface area contributed by atoms with E-state index >= 15 is 0 Å². The Morgan fingerprint density at radius 2 is 1.84 bits per heavy atom. The molecule has 4 rings (SSSR count). The van der Waals surface area contributed by atoms with Crippen molar-refractivity contribution in [3.63, 3.8) is 0 Å². The second-order valence-corrected chi connectivity index (χ2v) is 9.50. The van der Waals surface area contributed by atoms with Crippen LogP contribution >= 0.6 is 0 Å². The van der Waals surface area contributed by atoms with E-state index in [1.807, 2.05) is 31.2 Å². The van der Waals surface area contributed by atoms with Gasteiger partial charge in [0.25, 0.3) is 5.91 Å². The summed E-state index contributed by atoms with van der Waals surface area (Å²) in [6.07, 6.45) is 1.96. The Hall–Kier alpha value is -3.88. The van der Waals surface area contributed by atoms with Gasteiger partial charge in [-0.1, -0.05) is 18.2 Å². The van der Waals surface area contributed by atoms with E-state index < -0.39 is 0 Å². The summed E-state index contributed by atoms with van der Waals surface area (Å²) in [4.78, 5) is 53.5. The number of piperidine rings is 1. The standard InChI is InChI=1S/C29H34N2O7/c1-3-36-29(35)21-12-15-30(16-13-21)27(33)9-6-14-31-23-17-22(10-11-26(23)38-19-28(31)34)24(32)18-37-25-8-5-4-7-20(25)2/h4-5,7-8,10-11,17,21H,3,6,9,12-16,18-19H2,1-2H3. The number of esters is 1. The van der Waals surface area contributed by atoms with Crippen LogP contribution in [0, 0.1) is 12.8 Å². The van der Waals surface area contributed by atoms with Crippen LogP contribution < -0.4 is 14.4 Å². The highest BCUT2D eigenvalue weighted by molar-refractivity contribution is 6.02. The summed E-state index contributed by atoms with van der Waals surface area (Å²) < 4.78 is 16.4. The minimum atomic E-state index is -0.221. The van der Waals surface area contributed by atoms with Crippen molar-refractivity contribution < 1.29 is 33.4 Å². The second kappa shape index (κ2) is 12.6. The number of hydrogen-bond acceptors (Lipinski definition) is 7. The topological polar surface area (TPSA) is 102 Å². The molecule has 0 radical (unpaired) electrons. The molecule has 0 aromatic heterocycles. The lowest BCUT2D eigenvalue weighted by atomic mass is 9.96. The van der Waals surface area contributed by atoms with Gasteiger partial charge in [0.05, 0.1) is 18.2 Å². The predicted molar refractivity (Wildman–Crippen MR) is 140 cm³/mol. The van der Waals surface area contributed by atoms with Crippen LogP contribution in [0.1, 0.15) is 48.5 Å². The summed E-state index contributed by atoms with van der Waals surface area (Å²) in [5.41, 5.74) is 1.88. The zero-order valence-corrected chi connectivity index (χ0v) is 21.9. The highest BCUT2D eigenvalue weighted by Crippen LogP contribution is 2.33.